The van der Waals surface area contributed by atoms with Gasteiger partial charge in [-0.15, -0.1) is 0 Å². The molecule has 150 valence electrons. The maximum atomic E-state index is 12.7. The van der Waals surface area contributed by atoms with Gasteiger partial charge in [-0.05, 0) is 56.2 Å². The fourth-order valence-electron chi connectivity index (χ4n) is 3.03. The van der Waals surface area contributed by atoms with Crippen molar-refractivity contribution >= 4 is 11.6 Å². The van der Waals surface area contributed by atoms with E-state index in [1.54, 1.807) is 13.2 Å². The van der Waals surface area contributed by atoms with Crippen molar-refractivity contribution in [3.05, 3.63) is 83.2 Å². The molecular formula is C24H26N2O3. The molecule has 0 fully saturated rings. The summed E-state index contributed by atoms with van der Waals surface area (Å²) >= 11 is 0. The molecular weight excluding hydrogens is 364 g/mol. The van der Waals surface area contributed by atoms with E-state index in [0.717, 1.165) is 23.4 Å². The number of rotatable bonds is 7. The Morgan fingerprint density at radius 1 is 1.10 bits per heavy atom. The zero-order valence-electron chi connectivity index (χ0n) is 17.2. The van der Waals surface area contributed by atoms with Crippen LogP contribution in [0.25, 0.3) is 0 Å². The number of nitrogens with zero attached hydrogens (tertiary/aromatic N) is 1. The van der Waals surface area contributed by atoms with E-state index >= 15 is 0 Å². The number of carbonyl (C=O) groups is 1. The second kappa shape index (κ2) is 9.34. The number of aryl methyl sites for hydroxylation is 2. The van der Waals surface area contributed by atoms with Gasteiger partial charge < -0.3 is 14.8 Å². The Morgan fingerprint density at radius 3 is 2.62 bits per heavy atom. The Labute approximate surface area is 171 Å². The van der Waals surface area contributed by atoms with E-state index in [0.29, 0.717) is 22.7 Å². The highest BCUT2D eigenvalue weighted by Crippen LogP contribution is 2.27. The maximum absolute atomic E-state index is 12.7. The van der Waals surface area contributed by atoms with Crippen molar-refractivity contribution in [3.8, 4) is 11.5 Å². The van der Waals surface area contributed by atoms with Gasteiger partial charge in [0, 0.05) is 18.9 Å². The molecule has 3 aromatic rings. The van der Waals surface area contributed by atoms with Crippen LogP contribution < -0.4 is 10.1 Å². The number of pyridine rings is 1. The van der Waals surface area contributed by atoms with E-state index in [-0.39, 0.29) is 12.0 Å². The van der Waals surface area contributed by atoms with Gasteiger partial charge in [-0.25, -0.2) is 0 Å². The van der Waals surface area contributed by atoms with Crippen LogP contribution in [0.4, 0.5) is 5.69 Å². The average molecular weight is 390 g/mol. The smallest absolute Gasteiger partial charge is 0.257 e. The molecule has 1 N–H and O–H groups in total. The molecule has 5 nitrogen and oxygen atoms in total. The second-order valence-electron chi connectivity index (χ2n) is 6.79. The first-order valence-electron chi connectivity index (χ1n) is 9.69. The minimum atomic E-state index is -0.210. The highest BCUT2D eigenvalue weighted by molar-refractivity contribution is 6.05. The fourth-order valence-corrected chi connectivity index (χ4v) is 3.03. The zero-order chi connectivity index (χ0) is 20.8. The number of hydrogen-bond donors (Lipinski definition) is 1. The molecule has 2 aromatic carbocycles. The second-order valence-corrected chi connectivity index (χ2v) is 6.79. The van der Waals surface area contributed by atoms with Gasteiger partial charge in [0.1, 0.15) is 11.5 Å². The largest absolute Gasteiger partial charge is 0.457 e. The molecule has 0 aliphatic rings. The van der Waals surface area contributed by atoms with Gasteiger partial charge in [-0.2, -0.15) is 0 Å². The third-order valence-corrected chi connectivity index (χ3v) is 4.80. The van der Waals surface area contributed by atoms with Gasteiger partial charge >= 0.3 is 0 Å². The van der Waals surface area contributed by atoms with E-state index in [1.807, 2.05) is 68.4 Å². The molecule has 0 aliphatic heterocycles. The third-order valence-electron chi connectivity index (χ3n) is 4.80. The number of amides is 1. The van der Waals surface area contributed by atoms with Crippen LogP contribution in [0.5, 0.6) is 11.5 Å². The lowest BCUT2D eigenvalue weighted by molar-refractivity contribution is 0.102. The summed E-state index contributed by atoms with van der Waals surface area (Å²) in [6, 6.07) is 18.9. The van der Waals surface area contributed by atoms with Crippen molar-refractivity contribution < 1.29 is 14.3 Å². The highest BCUT2D eigenvalue weighted by atomic mass is 16.5. The number of anilines is 1. The normalized spacial score (nSPS) is 11.7. The lowest BCUT2D eigenvalue weighted by Crippen LogP contribution is -2.15. The molecule has 1 atom stereocenters. The van der Waals surface area contributed by atoms with Crippen molar-refractivity contribution in [2.75, 3.05) is 12.4 Å². The monoisotopic (exact) mass is 390 g/mol. The molecule has 1 heterocycles. The molecule has 29 heavy (non-hydrogen) atoms. The van der Waals surface area contributed by atoms with Crippen LogP contribution in [0.3, 0.4) is 0 Å². The van der Waals surface area contributed by atoms with Crippen LogP contribution in [-0.4, -0.2) is 18.0 Å². The number of ether oxygens (including phenoxy) is 2. The number of nitrogens with one attached hydrogen (secondary N) is 1. The quantitative estimate of drug-likeness (QED) is 0.562. The summed E-state index contributed by atoms with van der Waals surface area (Å²) in [5.74, 6) is 1.28. The number of aromatic nitrogens is 1. The van der Waals surface area contributed by atoms with Crippen LogP contribution in [0.15, 0.2) is 60.7 Å². The molecule has 1 amide bonds. The summed E-state index contributed by atoms with van der Waals surface area (Å²) in [4.78, 5) is 17.2. The van der Waals surface area contributed by atoms with Crippen molar-refractivity contribution in [1.82, 2.24) is 4.98 Å². The highest BCUT2D eigenvalue weighted by Gasteiger charge is 2.14. The summed E-state index contributed by atoms with van der Waals surface area (Å²) in [6.45, 7) is 5.83. The first-order chi connectivity index (χ1) is 14.0. The molecule has 1 unspecified atom stereocenters. The first kappa shape index (κ1) is 20.6. The molecule has 0 saturated heterocycles. The molecule has 0 aliphatic carbocycles. The summed E-state index contributed by atoms with van der Waals surface area (Å²) in [7, 11) is 1.64. The number of hydrogen-bond acceptors (Lipinski definition) is 4. The van der Waals surface area contributed by atoms with Gasteiger partial charge in [0.05, 0.1) is 23.1 Å². The van der Waals surface area contributed by atoms with Crippen LogP contribution >= 0.6 is 0 Å². The lowest BCUT2D eigenvalue weighted by atomic mass is 10.1. The predicted octanol–water partition coefficient (Wildman–Crippen LogP) is 5.70. The van der Waals surface area contributed by atoms with E-state index in [1.165, 1.54) is 0 Å². The lowest BCUT2D eigenvalue weighted by Gasteiger charge is -2.13. The minimum Gasteiger partial charge on any atom is -0.457 e. The van der Waals surface area contributed by atoms with Gasteiger partial charge in [-0.1, -0.05) is 31.2 Å². The van der Waals surface area contributed by atoms with E-state index in [9.17, 15) is 4.79 Å². The molecule has 5 heteroatoms. The summed E-state index contributed by atoms with van der Waals surface area (Å²) in [5.41, 5.74) is 3.78. The fraction of sp³-hybridized carbons (Fsp3) is 0.250. The topological polar surface area (TPSA) is 60.5 Å². The van der Waals surface area contributed by atoms with E-state index in [4.69, 9.17) is 9.47 Å². The molecule has 1 aromatic heterocycles. The summed E-state index contributed by atoms with van der Waals surface area (Å²) < 4.78 is 11.3. The number of benzene rings is 2. The Balaban J connectivity index is 1.75. The summed E-state index contributed by atoms with van der Waals surface area (Å²) in [6.07, 6.45) is 0.766. The van der Waals surface area contributed by atoms with Crippen molar-refractivity contribution in [2.24, 2.45) is 0 Å². The Morgan fingerprint density at radius 2 is 1.90 bits per heavy atom. The Hall–Kier alpha value is -3.18. The van der Waals surface area contributed by atoms with Gasteiger partial charge in [0.2, 0.25) is 0 Å². The third kappa shape index (κ3) is 5.00. The number of methoxy groups -OCH3 is 1. The van der Waals surface area contributed by atoms with Gasteiger partial charge in [0.15, 0.2) is 0 Å². The molecule has 3 rings (SSSR count). The van der Waals surface area contributed by atoms with Crippen LogP contribution in [0.1, 0.15) is 47.3 Å². The van der Waals surface area contributed by atoms with Gasteiger partial charge in [-0.3, -0.25) is 9.78 Å². The predicted molar refractivity (Wildman–Crippen MR) is 115 cm³/mol. The molecule has 0 saturated carbocycles. The van der Waals surface area contributed by atoms with Crippen molar-refractivity contribution in [3.63, 3.8) is 0 Å². The van der Waals surface area contributed by atoms with E-state index in [2.05, 4.69) is 17.2 Å². The Kier molecular flexibility index (Phi) is 6.62. The molecule has 0 spiro atoms. The van der Waals surface area contributed by atoms with Crippen LogP contribution in [-0.2, 0) is 11.2 Å². The standard InChI is InChI=1S/C24H26N2O3/c1-5-18-9-6-7-12-23(18)29-20-11-8-10-19(15-20)26-24(27)21-13-14-22(17(3)28-4)25-16(21)2/h6-15,17H,5H2,1-4H3,(H,26,27). The number of carbonyl (C=O) groups excluding carboxylic acids is 1. The zero-order valence-corrected chi connectivity index (χ0v) is 17.2. The van der Waals surface area contributed by atoms with E-state index < -0.39 is 0 Å². The molecule has 0 radical (unpaired) electrons. The minimum absolute atomic E-state index is 0.120. The number of para-hydroxylation sites is 1. The van der Waals surface area contributed by atoms with Crippen molar-refractivity contribution in [1.29, 1.82) is 0 Å². The first-order valence-corrected chi connectivity index (χ1v) is 9.69. The van der Waals surface area contributed by atoms with Gasteiger partial charge in [0.25, 0.3) is 5.91 Å². The van der Waals surface area contributed by atoms with Crippen LogP contribution in [0, 0.1) is 6.92 Å². The molecule has 0 bridgehead atoms. The summed E-state index contributed by atoms with van der Waals surface area (Å²) in [5, 5.41) is 2.93. The maximum Gasteiger partial charge on any atom is 0.257 e. The SMILES string of the molecule is CCc1ccccc1Oc1cccc(NC(=O)c2ccc(C(C)OC)nc2C)c1. The average Bonchev–Trinajstić information content (AvgIpc) is 2.73. The Bertz CT molecular complexity index is 1000. The van der Waals surface area contributed by atoms with Crippen LogP contribution in [0.2, 0.25) is 0 Å². The van der Waals surface area contributed by atoms with Crippen molar-refractivity contribution in [2.45, 2.75) is 33.3 Å².